The van der Waals surface area contributed by atoms with Gasteiger partial charge < -0.3 is 34.1 Å². The standard InChI is InChI=1S/C28H29NO7/c1-32-23-12-9-18(6-7-20-16-25(34-3)28(36-5)26(17-20)35-4)14-21(23)29-27(31)13-10-19-8-11-22(30)24(15-19)33-2/h6-17,30H,1-5H3,(H,29,31)/b7-6+,13-10+. The number of phenols is 1. The highest BCUT2D eigenvalue weighted by atomic mass is 16.5. The van der Waals surface area contributed by atoms with Crippen LogP contribution in [0, 0.1) is 0 Å². The maximum atomic E-state index is 12.6. The molecule has 0 saturated heterocycles. The van der Waals surface area contributed by atoms with Crippen molar-refractivity contribution in [1.82, 2.24) is 0 Å². The quantitative estimate of drug-likeness (QED) is 0.295. The van der Waals surface area contributed by atoms with Crippen LogP contribution >= 0.6 is 0 Å². The number of anilines is 1. The first kappa shape index (κ1) is 26.0. The Morgan fingerprint density at radius 1 is 0.667 bits per heavy atom. The molecule has 3 aromatic rings. The van der Waals surface area contributed by atoms with E-state index in [1.807, 2.05) is 36.4 Å². The first-order valence-electron chi connectivity index (χ1n) is 10.9. The second-order valence-corrected chi connectivity index (χ2v) is 7.51. The molecule has 0 spiro atoms. The summed E-state index contributed by atoms with van der Waals surface area (Å²) in [7, 11) is 7.69. The van der Waals surface area contributed by atoms with Gasteiger partial charge in [-0.05, 0) is 59.2 Å². The third kappa shape index (κ3) is 6.29. The van der Waals surface area contributed by atoms with Crippen molar-refractivity contribution in [2.45, 2.75) is 0 Å². The van der Waals surface area contributed by atoms with Gasteiger partial charge in [-0.2, -0.15) is 0 Å². The van der Waals surface area contributed by atoms with Gasteiger partial charge >= 0.3 is 0 Å². The first-order chi connectivity index (χ1) is 17.4. The molecule has 0 unspecified atom stereocenters. The topological polar surface area (TPSA) is 95.5 Å². The lowest BCUT2D eigenvalue weighted by Crippen LogP contribution is -2.09. The molecule has 8 heteroatoms. The van der Waals surface area contributed by atoms with Crippen LogP contribution in [-0.2, 0) is 4.79 Å². The van der Waals surface area contributed by atoms with Crippen LogP contribution in [-0.4, -0.2) is 46.6 Å². The van der Waals surface area contributed by atoms with Crippen LogP contribution in [0.5, 0.6) is 34.5 Å². The molecule has 3 aromatic carbocycles. The van der Waals surface area contributed by atoms with Crippen LogP contribution < -0.4 is 29.0 Å². The van der Waals surface area contributed by atoms with Crippen molar-refractivity contribution in [3.05, 3.63) is 71.3 Å². The molecule has 0 atom stereocenters. The molecule has 8 nitrogen and oxygen atoms in total. The van der Waals surface area contributed by atoms with E-state index in [1.165, 1.54) is 26.4 Å². The second kappa shape index (κ2) is 12.2. The Labute approximate surface area is 210 Å². The molecule has 0 saturated carbocycles. The molecular formula is C28H29NO7. The van der Waals surface area contributed by atoms with Gasteiger partial charge in [0.2, 0.25) is 11.7 Å². The predicted octanol–water partition coefficient (Wildman–Crippen LogP) is 5.26. The Hall–Kier alpha value is -4.59. The molecule has 0 aliphatic carbocycles. The van der Waals surface area contributed by atoms with Crippen molar-refractivity contribution in [3.63, 3.8) is 0 Å². The largest absolute Gasteiger partial charge is 0.504 e. The molecule has 0 bridgehead atoms. The van der Waals surface area contributed by atoms with Crippen molar-refractivity contribution in [1.29, 1.82) is 0 Å². The Morgan fingerprint density at radius 2 is 1.22 bits per heavy atom. The molecule has 0 fully saturated rings. The Kier molecular flexibility index (Phi) is 8.83. The number of methoxy groups -OCH3 is 5. The van der Waals surface area contributed by atoms with Crippen molar-refractivity contribution < 1.29 is 33.6 Å². The van der Waals surface area contributed by atoms with Gasteiger partial charge in [0.25, 0.3) is 0 Å². The van der Waals surface area contributed by atoms with E-state index >= 15 is 0 Å². The average molecular weight is 492 g/mol. The van der Waals surface area contributed by atoms with Crippen LogP contribution in [0.3, 0.4) is 0 Å². The highest BCUT2D eigenvalue weighted by Gasteiger charge is 2.12. The second-order valence-electron chi connectivity index (χ2n) is 7.51. The van der Waals surface area contributed by atoms with Crippen LogP contribution in [0.2, 0.25) is 0 Å². The van der Waals surface area contributed by atoms with Gasteiger partial charge in [-0.25, -0.2) is 0 Å². The number of ether oxygens (including phenoxy) is 5. The lowest BCUT2D eigenvalue weighted by Gasteiger charge is -2.13. The number of benzene rings is 3. The summed E-state index contributed by atoms with van der Waals surface area (Å²) in [6.45, 7) is 0. The molecule has 0 aliphatic rings. The Morgan fingerprint density at radius 3 is 1.83 bits per heavy atom. The van der Waals surface area contributed by atoms with E-state index in [0.29, 0.717) is 40.0 Å². The third-order valence-corrected chi connectivity index (χ3v) is 5.27. The monoisotopic (exact) mass is 491 g/mol. The number of nitrogens with one attached hydrogen (secondary N) is 1. The molecule has 188 valence electrons. The van der Waals surface area contributed by atoms with E-state index in [1.54, 1.807) is 45.6 Å². The molecule has 36 heavy (non-hydrogen) atoms. The number of aromatic hydroxyl groups is 1. The van der Waals surface area contributed by atoms with Crippen LogP contribution in [0.25, 0.3) is 18.2 Å². The number of hydrogen-bond acceptors (Lipinski definition) is 7. The van der Waals surface area contributed by atoms with E-state index in [-0.39, 0.29) is 11.7 Å². The van der Waals surface area contributed by atoms with Crippen LogP contribution in [0.4, 0.5) is 5.69 Å². The third-order valence-electron chi connectivity index (χ3n) is 5.27. The lowest BCUT2D eigenvalue weighted by atomic mass is 10.1. The van der Waals surface area contributed by atoms with Crippen LogP contribution in [0.1, 0.15) is 16.7 Å². The van der Waals surface area contributed by atoms with Crippen molar-refractivity contribution in [2.75, 3.05) is 40.9 Å². The minimum atomic E-state index is -0.342. The average Bonchev–Trinajstić information content (AvgIpc) is 2.90. The van der Waals surface area contributed by atoms with Crippen molar-refractivity contribution >= 4 is 29.8 Å². The number of carbonyl (C=O) groups is 1. The van der Waals surface area contributed by atoms with E-state index in [0.717, 1.165) is 11.1 Å². The van der Waals surface area contributed by atoms with Crippen molar-refractivity contribution in [2.24, 2.45) is 0 Å². The maximum absolute atomic E-state index is 12.6. The first-order valence-corrected chi connectivity index (χ1v) is 10.9. The van der Waals surface area contributed by atoms with Gasteiger partial charge in [0.1, 0.15) is 5.75 Å². The van der Waals surface area contributed by atoms with Gasteiger partial charge in [0.15, 0.2) is 23.0 Å². The van der Waals surface area contributed by atoms with Gasteiger partial charge in [-0.3, -0.25) is 4.79 Å². The predicted molar refractivity (Wildman–Crippen MR) is 140 cm³/mol. The highest BCUT2D eigenvalue weighted by Crippen LogP contribution is 2.38. The van der Waals surface area contributed by atoms with E-state index in [9.17, 15) is 9.90 Å². The maximum Gasteiger partial charge on any atom is 0.248 e. The minimum absolute atomic E-state index is 0.0280. The van der Waals surface area contributed by atoms with Crippen molar-refractivity contribution in [3.8, 4) is 34.5 Å². The fraction of sp³-hybridized carbons (Fsp3) is 0.179. The molecule has 3 rings (SSSR count). The molecule has 2 N–H and O–H groups in total. The molecule has 1 amide bonds. The number of phenolic OH excluding ortho intramolecular Hbond substituents is 1. The van der Waals surface area contributed by atoms with Gasteiger partial charge in [-0.1, -0.05) is 24.3 Å². The van der Waals surface area contributed by atoms with E-state index < -0.39 is 0 Å². The summed E-state index contributed by atoms with van der Waals surface area (Å²) in [6.07, 6.45) is 6.81. The summed E-state index contributed by atoms with van der Waals surface area (Å²) < 4.78 is 26.7. The van der Waals surface area contributed by atoms with E-state index in [2.05, 4.69) is 5.32 Å². The smallest absolute Gasteiger partial charge is 0.248 e. The summed E-state index contributed by atoms with van der Waals surface area (Å²) in [4.78, 5) is 12.6. The number of carbonyl (C=O) groups excluding carboxylic acids is 1. The van der Waals surface area contributed by atoms with Gasteiger partial charge in [0, 0.05) is 6.08 Å². The number of rotatable bonds is 10. The number of amides is 1. The Balaban J connectivity index is 1.80. The summed E-state index contributed by atoms with van der Waals surface area (Å²) in [5.41, 5.74) is 2.90. The highest BCUT2D eigenvalue weighted by molar-refractivity contribution is 6.03. The molecule has 0 radical (unpaired) electrons. The molecule has 0 aromatic heterocycles. The van der Waals surface area contributed by atoms with Crippen LogP contribution in [0.15, 0.2) is 54.6 Å². The van der Waals surface area contributed by atoms with Gasteiger partial charge in [-0.15, -0.1) is 0 Å². The zero-order valence-corrected chi connectivity index (χ0v) is 20.8. The normalized spacial score (nSPS) is 10.9. The SMILES string of the molecule is COc1cc(/C=C/C(=O)Nc2cc(/C=C/c3cc(OC)c(OC)c(OC)c3)ccc2OC)ccc1O. The summed E-state index contributed by atoms with van der Waals surface area (Å²) in [5.74, 6) is 2.16. The minimum Gasteiger partial charge on any atom is -0.504 e. The molecule has 0 heterocycles. The molecule has 0 aliphatic heterocycles. The van der Waals surface area contributed by atoms with Gasteiger partial charge in [0.05, 0.1) is 41.2 Å². The Bertz CT molecular complexity index is 1260. The fourth-order valence-corrected chi connectivity index (χ4v) is 3.46. The van der Waals surface area contributed by atoms with E-state index in [4.69, 9.17) is 23.7 Å². The lowest BCUT2D eigenvalue weighted by molar-refractivity contribution is -0.111. The molecular weight excluding hydrogens is 462 g/mol. The summed E-state index contributed by atoms with van der Waals surface area (Å²) in [5, 5.41) is 12.6. The summed E-state index contributed by atoms with van der Waals surface area (Å²) >= 11 is 0. The number of hydrogen-bond donors (Lipinski definition) is 2. The zero-order chi connectivity index (χ0) is 26.1. The zero-order valence-electron chi connectivity index (χ0n) is 20.8. The fourth-order valence-electron chi connectivity index (χ4n) is 3.46. The summed E-state index contributed by atoms with van der Waals surface area (Å²) in [6, 6.07) is 14.0.